The van der Waals surface area contributed by atoms with Gasteiger partial charge in [-0.05, 0) is 46.1 Å². The highest BCUT2D eigenvalue weighted by atomic mass is 79.9. The van der Waals surface area contributed by atoms with Crippen LogP contribution in [-0.2, 0) is 12.3 Å². The third-order valence-electron chi connectivity index (χ3n) is 3.92. The average Bonchev–Trinajstić information content (AvgIpc) is 3.29. The normalized spacial score (nSPS) is 11.2. The number of hydrogen-bond acceptors (Lipinski definition) is 6. The van der Waals surface area contributed by atoms with Crippen molar-refractivity contribution in [2.75, 3.05) is 14.2 Å². The molecule has 8 heteroatoms. The molecule has 0 aliphatic carbocycles. The van der Waals surface area contributed by atoms with Gasteiger partial charge in [-0.1, -0.05) is 25.6 Å². The first-order chi connectivity index (χ1) is 13.0. The minimum Gasteiger partial charge on any atom is -0.496 e. The second kappa shape index (κ2) is 8.84. The van der Waals surface area contributed by atoms with Crippen LogP contribution in [0, 0.1) is 5.92 Å². The molecule has 0 N–H and O–H groups in total. The topological polar surface area (TPSA) is 62.3 Å². The van der Waals surface area contributed by atoms with Crippen molar-refractivity contribution >= 4 is 27.7 Å². The summed E-state index contributed by atoms with van der Waals surface area (Å²) in [7, 11) is 3.32. The standard InChI is InChI=1S/C19H22BrN3O3S/c1-12(2)10-23-18(15-6-5-7-26-15)21-22-19(23)27-11-13-8-17(25-4)14(20)9-16(13)24-3/h5-9,12H,10-11H2,1-4H3. The summed E-state index contributed by atoms with van der Waals surface area (Å²) in [5, 5.41) is 9.59. The Morgan fingerprint density at radius 3 is 2.59 bits per heavy atom. The molecule has 144 valence electrons. The van der Waals surface area contributed by atoms with Gasteiger partial charge in [0.15, 0.2) is 16.7 Å². The van der Waals surface area contributed by atoms with E-state index < -0.39 is 0 Å². The smallest absolute Gasteiger partial charge is 0.200 e. The van der Waals surface area contributed by atoms with Crippen LogP contribution in [0.2, 0.25) is 0 Å². The fourth-order valence-electron chi connectivity index (χ4n) is 2.69. The Labute approximate surface area is 171 Å². The Morgan fingerprint density at radius 2 is 1.96 bits per heavy atom. The molecule has 0 saturated heterocycles. The zero-order valence-electron chi connectivity index (χ0n) is 15.7. The summed E-state index contributed by atoms with van der Waals surface area (Å²) in [6, 6.07) is 7.65. The summed E-state index contributed by atoms with van der Waals surface area (Å²) in [6.45, 7) is 5.15. The quantitative estimate of drug-likeness (QED) is 0.434. The predicted octanol–water partition coefficient (Wildman–Crippen LogP) is 5.27. The van der Waals surface area contributed by atoms with Crippen LogP contribution in [0.3, 0.4) is 0 Å². The Morgan fingerprint density at radius 1 is 1.19 bits per heavy atom. The van der Waals surface area contributed by atoms with Crippen molar-refractivity contribution in [3.63, 3.8) is 0 Å². The van der Waals surface area contributed by atoms with E-state index in [1.807, 2.05) is 24.3 Å². The number of furan rings is 1. The number of methoxy groups -OCH3 is 2. The van der Waals surface area contributed by atoms with Gasteiger partial charge in [-0.25, -0.2) is 0 Å². The summed E-state index contributed by atoms with van der Waals surface area (Å²) in [6.07, 6.45) is 1.65. The van der Waals surface area contributed by atoms with E-state index in [-0.39, 0.29) is 0 Å². The minimum atomic E-state index is 0.455. The van der Waals surface area contributed by atoms with E-state index in [4.69, 9.17) is 13.9 Å². The third-order valence-corrected chi connectivity index (χ3v) is 5.55. The van der Waals surface area contributed by atoms with Crippen LogP contribution in [0.25, 0.3) is 11.6 Å². The van der Waals surface area contributed by atoms with Gasteiger partial charge in [-0.3, -0.25) is 4.57 Å². The summed E-state index contributed by atoms with van der Waals surface area (Å²) < 4.78 is 19.4. The summed E-state index contributed by atoms with van der Waals surface area (Å²) >= 11 is 5.11. The summed E-state index contributed by atoms with van der Waals surface area (Å²) in [4.78, 5) is 0. The van der Waals surface area contributed by atoms with Gasteiger partial charge >= 0.3 is 0 Å². The highest BCUT2D eigenvalue weighted by Crippen LogP contribution is 2.36. The fourth-order valence-corrected chi connectivity index (χ4v) is 4.10. The van der Waals surface area contributed by atoms with Crippen molar-refractivity contribution in [3.05, 3.63) is 40.6 Å². The van der Waals surface area contributed by atoms with E-state index in [1.165, 1.54) is 0 Å². The van der Waals surface area contributed by atoms with E-state index in [0.29, 0.717) is 11.7 Å². The molecular formula is C19H22BrN3O3S. The van der Waals surface area contributed by atoms with E-state index in [0.717, 1.165) is 44.8 Å². The lowest BCUT2D eigenvalue weighted by atomic mass is 10.2. The van der Waals surface area contributed by atoms with Crippen LogP contribution in [0.15, 0.2) is 44.6 Å². The molecule has 0 radical (unpaired) electrons. The van der Waals surface area contributed by atoms with Crippen molar-refractivity contribution < 1.29 is 13.9 Å². The van der Waals surface area contributed by atoms with Crippen LogP contribution >= 0.6 is 27.7 Å². The second-order valence-corrected chi connectivity index (χ2v) is 8.17. The van der Waals surface area contributed by atoms with Crippen LogP contribution in [0.5, 0.6) is 11.5 Å². The van der Waals surface area contributed by atoms with Crippen LogP contribution in [0.1, 0.15) is 19.4 Å². The molecule has 0 bridgehead atoms. The molecule has 0 fully saturated rings. The van der Waals surface area contributed by atoms with E-state index in [1.54, 1.807) is 32.2 Å². The van der Waals surface area contributed by atoms with Gasteiger partial charge in [-0.15, -0.1) is 10.2 Å². The molecule has 0 unspecified atom stereocenters. The van der Waals surface area contributed by atoms with Gasteiger partial charge in [0.1, 0.15) is 11.5 Å². The molecule has 3 rings (SSSR count). The zero-order chi connectivity index (χ0) is 19.4. The number of nitrogens with zero attached hydrogens (tertiary/aromatic N) is 3. The molecule has 3 aromatic rings. The highest BCUT2D eigenvalue weighted by Gasteiger charge is 2.18. The van der Waals surface area contributed by atoms with Crippen molar-refractivity contribution in [1.29, 1.82) is 0 Å². The minimum absolute atomic E-state index is 0.455. The molecule has 0 amide bonds. The van der Waals surface area contributed by atoms with Crippen LogP contribution in [-0.4, -0.2) is 29.0 Å². The molecule has 1 aromatic carbocycles. The molecule has 6 nitrogen and oxygen atoms in total. The molecule has 2 heterocycles. The Bertz CT molecular complexity index is 894. The summed E-state index contributed by atoms with van der Waals surface area (Å²) in [5.41, 5.74) is 1.03. The van der Waals surface area contributed by atoms with E-state index in [2.05, 4.69) is 44.5 Å². The fraction of sp³-hybridized carbons (Fsp3) is 0.368. The van der Waals surface area contributed by atoms with E-state index in [9.17, 15) is 0 Å². The number of halogens is 1. The van der Waals surface area contributed by atoms with Gasteiger partial charge in [0.2, 0.25) is 0 Å². The van der Waals surface area contributed by atoms with E-state index >= 15 is 0 Å². The SMILES string of the molecule is COc1cc(CSc2nnc(-c3ccco3)n2CC(C)C)c(OC)cc1Br. The van der Waals surface area contributed by atoms with Gasteiger partial charge < -0.3 is 13.9 Å². The predicted molar refractivity (Wildman–Crippen MR) is 109 cm³/mol. The molecule has 27 heavy (non-hydrogen) atoms. The Balaban J connectivity index is 1.88. The molecular weight excluding hydrogens is 430 g/mol. The lowest BCUT2D eigenvalue weighted by molar-refractivity contribution is 0.398. The van der Waals surface area contributed by atoms with Crippen molar-refractivity contribution in [3.8, 4) is 23.1 Å². The highest BCUT2D eigenvalue weighted by molar-refractivity contribution is 9.10. The van der Waals surface area contributed by atoms with Gasteiger partial charge in [0.05, 0.1) is 25.0 Å². The zero-order valence-corrected chi connectivity index (χ0v) is 18.1. The van der Waals surface area contributed by atoms with Gasteiger partial charge in [0, 0.05) is 17.9 Å². The number of benzene rings is 1. The lowest BCUT2D eigenvalue weighted by Crippen LogP contribution is -2.07. The number of rotatable bonds is 8. The molecule has 0 aliphatic heterocycles. The number of ether oxygens (including phenoxy) is 2. The molecule has 0 saturated carbocycles. The largest absolute Gasteiger partial charge is 0.496 e. The lowest BCUT2D eigenvalue weighted by Gasteiger charge is -2.13. The summed E-state index contributed by atoms with van der Waals surface area (Å²) in [5.74, 6) is 4.18. The van der Waals surface area contributed by atoms with Crippen molar-refractivity contribution in [2.45, 2.75) is 31.3 Å². The van der Waals surface area contributed by atoms with Gasteiger partial charge in [-0.2, -0.15) is 0 Å². The second-order valence-electron chi connectivity index (χ2n) is 6.38. The average molecular weight is 452 g/mol. The number of aromatic nitrogens is 3. The Kier molecular flexibility index (Phi) is 6.49. The van der Waals surface area contributed by atoms with Gasteiger partial charge in [0.25, 0.3) is 0 Å². The maximum atomic E-state index is 5.52. The molecule has 0 aliphatic rings. The molecule has 0 atom stereocenters. The monoisotopic (exact) mass is 451 g/mol. The number of hydrogen-bond donors (Lipinski definition) is 0. The maximum absolute atomic E-state index is 5.52. The molecule has 2 aromatic heterocycles. The number of thioether (sulfide) groups is 1. The Hall–Kier alpha value is -1.93. The molecule has 0 spiro atoms. The van der Waals surface area contributed by atoms with Crippen LogP contribution in [0.4, 0.5) is 0 Å². The first kappa shape index (κ1) is 19.8. The van der Waals surface area contributed by atoms with Crippen molar-refractivity contribution in [2.24, 2.45) is 5.92 Å². The maximum Gasteiger partial charge on any atom is 0.200 e. The first-order valence-corrected chi connectivity index (χ1v) is 10.3. The third kappa shape index (κ3) is 4.50. The van der Waals surface area contributed by atoms with Crippen LogP contribution < -0.4 is 9.47 Å². The van der Waals surface area contributed by atoms with Crippen molar-refractivity contribution in [1.82, 2.24) is 14.8 Å². The first-order valence-electron chi connectivity index (χ1n) is 8.53.